The summed E-state index contributed by atoms with van der Waals surface area (Å²) >= 11 is 0. The second kappa shape index (κ2) is 18.0. The van der Waals surface area contributed by atoms with Crippen LogP contribution < -0.4 is 4.74 Å². The van der Waals surface area contributed by atoms with Crippen LogP contribution in [0.25, 0.3) is 0 Å². The number of nitrogens with zero attached hydrogens (tertiary/aromatic N) is 1. The van der Waals surface area contributed by atoms with E-state index in [2.05, 4.69) is 63.5 Å². The maximum absolute atomic E-state index is 12.2. The Morgan fingerprint density at radius 3 is 2.08 bits per heavy atom. The maximum Gasteiger partial charge on any atom is 0.311 e. The molecular weight excluding hydrogens is 446 g/mol. The third kappa shape index (κ3) is 14.3. The van der Waals surface area contributed by atoms with Gasteiger partial charge in [0, 0.05) is 5.56 Å². The lowest BCUT2D eigenvalue weighted by Gasteiger charge is -2.29. The zero-order chi connectivity index (χ0) is 25.9. The molecule has 0 bridgehead atoms. The number of hydrogen-bond acceptors (Lipinski definition) is 3. The summed E-state index contributed by atoms with van der Waals surface area (Å²) < 4.78 is 12.0. The molecule has 0 atom stereocenters. The van der Waals surface area contributed by atoms with Gasteiger partial charge in [0.05, 0.1) is 27.1 Å². The summed E-state index contributed by atoms with van der Waals surface area (Å²) in [7, 11) is 4.29. The smallest absolute Gasteiger partial charge is 0.311 e. The van der Waals surface area contributed by atoms with Gasteiger partial charge in [-0.05, 0) is 30.5 Å². The van der Waals surface area contributed by atoms with E-state index in [9.17, 15) is 4.79 Å². The van der Waals surface area contributed by atoms with Crippen molar-refractivity contribution < 1.29 is 18.8 Å². The van der Waals surface area contributed by atoms with Crippen molar-refractivity contribution in [3.8, 4) is 5.75 Å². The van der Waals surface area contributed by atoms with Crippen LogP contribution in [-0.4, -0.2) is 44.3 Å². The Morgan fingerprint density at radius 1 is 0.750 bits per heavy atom. The SMILES string of the molecule is CCCCCCCCCCCCc1cccc(OCCOC(=O)CC[N+](C)(C)Cc2ccccc2)c1. The molecule has 0 unspecified atom stereocenters. The van der Waals surface area contributed by atoms with Crippen molar-refractivity contribution in [3.05, 3.63) is 65.7 Å². The molecule has 2 aromatic rings. The Labute approximate surface area is 220 Å². The van der Waals surface area contributed by atoms with E-state index < -0.39 is 0 Å². The van der Waals surface area contributed by atoms with E-state index in [1.165, 1.54) is 75.3 Å². The van der Waals surface area contributed by atoms with Gasteiger partial charge in [0.2, 0.25) is 0 Å². The Morgan fingerprint density at radius 2 is 1.39 bits per heavy atom. The molecule has 0 aliphatic heterocycles. The van der Waals surface area contributed by atoms with Gasteiger partial charge in [0.15, 0.2) is 0 Å². The van der Waals surface area contributed by atoms with Crippen LogP contribution in [0.3, 0.4) is 0 Å². The number of hydrogen-bond donors (Lipinski definition) is 0. The van der Waals surface area contributed by atoms with Crippen LogP contribution in [0.4, 0.5) is 0 Å². The topological polar surface area (TPSA) is 35.5 Å². The van der Waals surface area contributed by atoms with Crippen LogP contribution in [0.15, 0.2) is 54.6 Å². The zero-order valence-electron chi connectivity index (χ0n) is 23.2. The molecule has 2 rings (SSSR count). The van der Waals surface area contributed by atoms with Crippen LogP contribution in [-0.2, 0) is 22.5 Å². The summed E-state index contributed by atoms with van der Waals surface area (Å²) in [4.78, 5) is 12.2. The molecule has 200 valence electrons. The zero-order valence-corrected chi connectivity index (χ0v) is 23.2. The number of rotatable bonds is 20. The largest absolute Gasteiger partial charge is 0.490 e. The average Bonchev–Trinajstić information content (AvgIpc) is 2.87. The third-order valence-corrected chi connectivity index (χ3v) is 6.71. The van der Waals surface area contributed by atoms with Gasteiger partial charge in [-0.3, -0.25) is 4.79 Å². The normalized spacial score (nSPS) is 11.4. The molecule has 0 radical (unpaired) electrons. The summed E-state index contributed by atoms with van der Waals surface area (Å²) in [6.07, 6.45) is 15.1. The monoisotopic (exact) mass is 496 g/mol. The van der Waals surface area contributed by atoms with E-state index in [-0.39, 0.29) is 12.6 Å². The fourth-order valence-corrected chi connectivity index (χ4v) is 4.55. The highest BCUT2D eigenvalue weighted by atomic mass is 16.6. The molecule has 36 heavy (non-hydrogen) atoms. The van der Waals surface area contributed by atoms with Crippen LogP contribution in [0, 0.1) is 0 Å². The molecular formula is C32H50NO3+. The van der Waals surface area contributed by atoms with E-state index in [0.29, 0.717) is 13.0 Å². The minimum absolute atomic E-state index is 0.160. The molecule has 0 fully saturated rings. The van der Waals surface area contributed by atoms with Gasteiger partial charge in [-0.15, -0.1) is 0 Å². The van der Waals surface area contributed by atoms with Crippen molar-refractivity contribution in [3.63, 3.8) is 0 Å². The minimum Gasteiger partial charge on any atom is -0.490 e. The van der Waals surface area contributed by atoms with Crippen molar-refractivity contribution in [2.45, 2.75) is 90.5 Å². The summed E-state index contributed by atoms with van der Waals surface area (Å²) in [5.74, 6) is 0.698. The number of ether oxygens (including phenoxy) is 2. The molecule has 0 amide bonds. The highest BCUT2D eigenvalue weighted by molar-refractivity contribution is 5.69. The average molecular weight is 497 g/mol. The second-order valence-electron chi connectivity index (χ2n) is 10.7. The Hall–Kier alpha value is -2.33. The Kier molecular flexibility index (Phi) is 14.9. The number of aryl methyl sites for hydroxylation is 1. The van der Waals surface area contributed by atoms with Crippen LogP contribution in [0.5, 0.6) is 5.75 Å². The van der Waals surface area contributed by atoms with Gasteiger partial charge in [0.25, 0.3) is 0 Å². The first-order chi connectivity index (χ1) is 17.5. The van der Waals surface area contributed by atoms with E-state index in [1.54, 1.807) is 0 Å². The standard InChI is InChI=1S/C32H50NO3/c1-4-5-6-7-8-9-10-11-12-14-18-29-21-17-22-31(27-29)35-25-26-36-32(34)23-24-33(2,3)28-30-19-15-13-16-20-30/h13,15-17,19-22,27H,4-12,14,18,23-26,28H2,1-3H3/q+1. The van der Waals surface area contributed by atoms with Gasteiger partial charge in [-0.1, -0.05) is 107 Å². The van der Waals surface area contributed by atoms with Crippen LogP contribution >= 0.6 is 0 Å². The molecule has 4 nitrogen and oxygen atoms in total. The lowest BCUT2D eigenvalue weighted by Crippen LogP contribution is -2.40. The number of benzene rings is 2. The van der Waals surface area contributed by atoms with Gasteiger partial charge in [-0.2, -0.15) is 0 Å². The van der Waals surface area contributed by atoms with Crippen molar-refractivity contribution in [1.29, 1.82) is 0 Å². The molecule has 4 heteroatoms. The minimum atomic E-state index is -0.160. The summed E-state index contributed by atoms with van der Waals surface area (Å²) in [5, 5.41) is 0. The van der Waals surface area contributed by atoms with Gasteiger partial charge in [0.1, 0.15) is 25.5 Å². The molecule has 0 spiro atoms. The molecule has 0 saturated carbocycles. The summed E-state index contributed by atoms with van der Waals surface area (Å²) in [6.45, 7) is 4.58. The van der Waals surface area contributed by atoms with Crippen LogP contribution in [0.1, 0.15) is 88.7 Å². The summed E-state index contributed by atoms with van der Waals surface area (Å²) in [6, 6.07) is 18.7. The third-order valence-electron chi connectivity index (χ3n) is 6.71. The Bertz CT molecular complexity index is 834. The van der Waals surface area contributed by atoms with Crippen molar-refractivity contribution >= 4 is 5.97 Å². The molecule has 0 N–H and O–H groups in total. The predicted molar refractivity (Wildman–Crippen MR) is 150 cm³/mol. The molecule has 0 saturated heterocycles. The van der Waals surface area contributed by atoms with E-state index in [0.717, 1.165) is 29.7 Å². The number of esters is 1. The molecule has 0 aliphatic carbocycles. The van der Waals surface area contributed by atoms with E-state index in [4.69, 9.17) is 9.47 Å². The maximum atomic E-state index is 12.2. The molecule has 2 aromatic carbocycles. The molecule has 0 aromatic heterocycles. The fourth-order valence-electron chi connectivity index (χ4n) is 4.55. The Balaban J connectivity index is 1.53. The van der Waals surface area contributed by atoms with Gasteiger partial charge < -0.3 is 14.0 Å². The van der Waals surface area contributed by atoms with E-state index in [1.807, 2.05) is 12.1 Å². The lowest BCUT2D eigenvalue weighted by molar-refractivity contribution is -0.903. The highest BCUT2D eigenvalue weighted by Gasteiger charge is 2.18. The van der Waals surface area contributed by atoms with Crippen molar-refractivity contribution in [2.24, 2.45) is 0 Å². The fraction of sp³-hybridized carbons (Fsp3) is 0.594. The van der Waals surface area contributed by atoms with Crippen molar-refractivity contribution in [1.82, 2.24) is 0 Å². The molecule has 0 heterocycles. The van der Waals surface area contributed by atoms with Crippen LogP contribution in [0.2, 0.25) is 0 Å². The quantitative estimate of drug-likeness (QED) is 0.107. The van der Waals surface area contributed by atoms with Gasteiger partial charge >= 0.3 is 5.97 Å². The lowest BCUT2D eigenvalue weighted by atomic mass is 10.0. The second-order valence-corrected chi connectivity index (χ2v) is 10.7. The predicted octanol–water partition coefficient (Wildman–Crippen LogP) is 7.74. The first kappa shape index (κ1) is 29.9. The number of quaternary nitrogens is 1. The van der Waals surface area contributed by atoms with E-state index >= 15 is 0 Å². The molecule has 0 aliphatic rings. The number of carbonyl (C=O) groups excluding carboxylic acids is 1. The first-order valence-electron chi connectivity index (χ1n) is 14.2. The highest BCUT2D eigenvalue weighted by Crippen LogP contribution is 2.17. The summed E-state index contributed by atoms with van der Waals surface area (Å²) in [5.41, 5.74) is 2.60. The first-order valence-corrected chi connectivity index (χ1v) is 14.2. The number of unbranched alkanes of at least 4 members (excludes halogenated alkanes) is 9. The van der Waals surface area contributed by atoms with Gasteiger partial charge in [-0.25, -0.2) is 0 Å². The van der Waals surface area contributed by atoms with Crippen molar-refractivity contribution in [2.75, 3.05) is 33.9 Å². The number of carbonyl (C=O) groups is 1.